The minimum atomic E-state index is -1.33. The zero-order chi connectivity index (χ0) is 31.4. The number of hydrogen-bond donors (Lipinski definition) is 2. The maximum atomic E-state index is 14.7. The molecule has 0 spiro atoms. The maximum absolute atomic E-state index is 14.7. The van der Waals surface area contributed by atoms with Gasteiger partial charge in [-0.05, 0) is 94.1 Å². The highest BCUT2D eigenvalue weighted by molar-refractivity contribution is 6.07. The predicted octanol–water partition coefficient (Wildman–Crippen LogP) is 5.78. The van der Waals surface area contributed by atoms with E-state index in [0.29, 0.717) is 58.9 Å². The Hall–Kier alpha value is -4.70. The van der Waals surface area contributed by atoms with Crippen molar-refractivity contribution in [1.82, 2.24) is 4.57 Å². The molecule has 4 aromatic rings. The number of fused-ring (bicyclic) bond motifs is 1. The fourth-order valence-electron chi connectivity index (χ4n) is 5.58. The van der Waals surface area contributed by atoms with E-state index in [1.807, 2.05) is 12.1 Å². The molecule has 9 nitrogen and oxygen atoms in total. The van der Waals surface area contributed by atoms with Gasteiger partial charge in [0.05, 0.1) is 6.54 Å². The van der Waals surface area contributed by atoms with Crippen LogP contribution in [-0.2, 0) is 16.1 Å². The van der Waals surface area contributed by atoms with Gasteiger partial charge in [0, 0.05) is 58.7 Å². The summed E-state index contributed by atoms with van der Waals surface area (Å²) in [7, 11) is 0. The average molecular weight is 600 g/mol. The SMILES string of the molecule is CC(C)(C)N(C(=O)[O-])c1ccc(NC(=O)c2cc3cc(NC(=O)CC4CCOCC4)ccc3n2Cc2ccccc2F)cc1. The smallest absolute Gasteiger partial charge is 0.272 e. The van der Waals surface area contributed by atoms with Crippen LogP contribution in [-0.4, -0.2) is 41.2 Å². The van der Waals surface area contributed by atoms with Gasteiger partial charge in [-0.1, -0.05) is 18.2 Å². The number of hydrogen-bond acceptors (Lipinski definition) is 5. The first-order chi connectivity index (χ1) is 21.0. The van der Waals surface area contributed by atoms with Gasteiger partial charge in [0.15, 0.2) is 0 Å². The number of rotatable bonds is 8. The van der Waals surface area contributed by atoms with E-state index in [1.165, 1.54) is 6.07 Å². The number of nitrogens with zero attached hydrogens (tertiary/aromatic N) is 2. The Balaban J connectivity index is 1.41. The molecule has 0 atom stereocenters. The fraction of sp³-hybridized carbons (Fsp3) is 0.324. The van der Waals surface area contributed by atoms with E-state index in [0.717, 1.165) is 17.7 Å². The second-order valence-electron chi connectivity index (χ2n) is 12.1. The molecule has 3 aromatic carbocycles. The Bertz CT molecular complexity index is 1670. The van der Waals surface area contributed by atoms with E-state index in [9.17, 15) is 23.9 Å². The molecule has 1 aromatic heterocycles. The summed E-state index contributed by atoms with van der Waals surface area (Å²) < 4.78 is 21.8. The number of halogens is 1. The first-order valence-corrected chi connectivity index (χ1v) is 14.7. The number of amides is 3. The van der Waals surface area contributed by atoms with E-state index in [-0.39, 0.29) is 24.2 Å². The molecule has 1 fully saturated rings. The Morgan fingerprint density at radius 2 is 1.64 bits per heavy atom. The van der Waals surface area contributed by atoms with E-state index >= 15 is 0 Å². The molecule has 230 valence electrons. The van der Waals surface area contributed by atoms with Crippen LogP contribution in [0.2, 0.25) is 0 Å². The van der Waals surface area contributed by atoms with Crippen LogP contribution in [0.3, 0.4) is 0 Å². The third kappa shape index (κ3) is 7.08. The van der Waals surface area contributed by atoms with Crippen molar-refractivity contribution in [2.45, 2.75) is 52.1 Å². The molecule has 0 unspecified atom stereocenters. The number of carbonyl (C=O) groups excluding carboxylic acids is 3. The first-order valence-electron chi connectivity index (χ1n) is 14.7. The van der Waals surface area contributed by atoms with Gasteiger partial charge in [0.1, 0.15) is 17.6 Å². The molecule has 3 amide bonds. The number of nitrogens with one attached hydrogen (secondary N) is 2. The summed E-state index contributed by atoms with van der Waals surface area (Å²) in [6, 6.07) is 19.9. The number of anilines is 3. The van der Waals surface area contributed by atoms with Gasteiger partial charge >= 0.3 is 0 Å². The van der Waals surface area contributed by atoms with Crippen LogP contribution >= 0.6 is 0 Å². The van der Waals surface area contributed by atoms with Crippen molar-refractivity contribution >= 4 is 45.9 Å². The van der Waals surface area contributed by atoms with Crippen LogP contribution < -0.4 is 20.6 Å². The van der Waals surface area contributed by atoms with Gasteiger partial charge in [-0.3, -0.25) is 9.59 Å². The number of aromatic nitrogens is 1. The van der Waals surface area contributed by atoms with Crippen molar-refractivity contribution in [3.63, 3.8) is 0 Å². The molecule has 2 N–H and O–H groups in total. The van der Waals surface area contributed by atoms with Gasteiger partial charge < -0.3 is 34.7 Å². The van der Waals surface area contributed by atoms with Crippen LogP contribution in [0.4, 0.5) is 26.2 Å². The number of benzene rings is 3. The second kappa shape index (κ2) is 12.9. The van der Waals surface area contributed by atoms with Crippen molar-refractivity contribution in [3.8, 4) is 0 Å². The number of carbonyl (C=O) groups is 3. The third-order valence-corrected chi connectivity index (χ3v) is 7.76. The lowest BCUT2D eigenvalue weighted by atomic mass is 9.96. The summed E-state index contributed by atoms with van der Waals surface area (Å²) in [5.41, 5.74) is 2.17. The Morgan fingerprint density at radius 1 is 0.955 bits per heavy atom. The van der Waals surface area contributed by atoms with E-state index < -0.39 is 17.5 Å². The highest BCUT2D eigenvalue weighted by atomic mass is 19.1. The maximum Gasteiger partial charge on any atom is 0.272 e. The van der Waals surface area contributed by atoms with Crippen molar-refractivity contribution in [2.75, 3.05) is 28.7 Å². The van der Waals surface area contributed by atoms with Crippen molar-refractivity contribution in [1.29, 1.82) is 0 Å². The monoisotopic (exact) mass is 599 g/mol. The summed E-state index contributed by atoms with van der Waals surface area (Å²) in [5, 5.41) is 18.3. The fourth-order valence-corrected chi connectivity index (χ4v) is 5.58. The molecule has 0 radical (unpaired) electrons. The van der Waals surface area contributed by atoms with Crippen molar-refractivity contribution in [2.24, 2.45) is 5.92 Å². The zero-order valence-corrected chi connectivity index (χ0v) is 25.1. The average Bonchev–Trinajstić information content (AvgIpc) is 3.32. The van der Waals surface area contributed by atoms with Crippen LogP contribution in [0.5, 0.6) is 0 Å². The van der Waals surface area contributed by atoms with E-state index in [1.54, 1.807) is 79.9 Å². The summed E-state index contributed by atoms with van der Waals surface area (Å²) >= 11 is 0. The molecule has 0 saturated carbocycles. The first kappa shape index (κ1) is 30.7. The number of ether oxygens (including phenoxy) is 1. The molecule has 44 heavy (non-hydrogen) atoms. The minimum Gasteiger partial charge on any atom is -0.530 e. The van der Waals surface area contributed by atoms with Crippen molar-refractivity contribution in [3.05, 3.63) is 89.9 Å². The molecule has 2 heterocycles. The van der Waals surface area contributed by atoms with Gasteiger partial charge in [-0.25, -0.2) is 4.39 Å². The standard InChI is InChI=1S/C34H37FN4O5/c1-34(2,3)39(33(42)43)27-11-8-25(9-12-27)37-32(41)30-20-24-19-26(36-31(40)18-22-14-16-44-17-15-22)10-13-29(24)38(30)21-23-6-4-5-7-28(23)35/h4-13,19-20,22H,14-18,21H2,1-3H3,(H,36,40)(H,37,41)(H,42,43)/p-1. The highest BCUT2D eigenvalue weighted by Crippen LogP contribution is 2.28. The molecule has 1 saturated heterocycles. The topological polar surface area (TPSA) is 116 Å². The minimum absolute atomic E-state index is 0.0767. The third-order valence-electron chi connectivity index (χ3n) is 7.76. The molecule has 5 rings (SSSR count). The summed E-state index contributed by atoms with van der Waals surface area (Å²) in [6.45, 7) is 6.73. The molecule has 1 aliphatic heterocycles. The lowest BCUT2D eigenvalue weighted by Crippen LogP contribution is -2.52. The van der Waals surface area contributed by atoms with Gasteiger partial charge in [0.2, 0.25) is 5.91 Å². The quantitative estimate of drug-likeness (QED) is 0.266. The highest BCUT2D eigenvalue weighted by Gasteiger charge is 2.24. The summed E-state index contributed by atoms with van der Waals surface area (Å²) in [6.07, 6.45) is 0.806. The molecule has 1 aliphatic rings. The zero-order valence-electron chi connectivity index (χ0n) is 25.1. The molecular formula is C34H36FN4O5-. The van der Waals surface area contributed by atoms with Gasteiger partial charge in [0.25, 0.3) is 5.91 Å². The molecule has 0 aliphatic carbocycles. The van der Waals surface area contributed by atoms with Crippen LogP contribution in [0.1, 0.15) is 56.1 Å². The Kier molecular flexibility index (Phi) is 9.01. The van der Waals surface area contributed by atoms with Crippen molar-refractivity contribution < 1.29 is 28.6 Å². The largest absolute Gasteiger partial charge is 0.530 e. The lowest BCUT2D eigenvalue weighted by Gasteiger charge is -2.37. The predicted molar refractivity (Wildman–Crippen MR) is 166 cm³/mol. The van der Waals surface area contributed by atoms with Gasteiger partial charge in [-0.15, -0.1) is 0 Å². The van der Waals surface area contributed by atoms with E-state index in [4.69, 9.17) is 4.74 Å². The normalized spacial score (nSPS) is 13.9. The van der Waals surface area contributed by atoms with E-state index in [2.05, 4.69) is 10.6 Å². The lowest BCUT2D eigenvalue weighted by molar-refractivity contribution is -0.247. The van der Waals surface area contributed by atoms with Gasteiger partial charge in [-0.2, -0.15) is 0 Å². The van der Waals surface area contributed by atoms with Crippen LogP contribution in [0.25, 0.3) is 10.9 Å². The second-order valence-corrected chi connectivity index (χ2v) is 12.1. The molecular weight excluding hydrogens is 563 g/mol. The van der Waals surface area contributed by atoms with Crippen LogP contribution in [0, 0.1) is 11.7 Å². The Morgan fingerprint density at radius 3 is 2.30 bits per heavy atom. The summed E-state index contributed by atoms with van der Waals surface area (Å²) in [4.78, 5) is 39.3. The summed E-state index contributed by atoms with van der Waals surface area (Å²) in [5.74, 6) is -0.601. The Labute approximate surface area is 255 Å². The van der Waals surface area contributed by atoms with Crippen LogP contribution in [0.15, 0.2) is 72.8 Å². The molecule has 0 bridgehead atoms. The molecule has 10 heteroatoms. The number of carboxylic acid groups (broad SMARTS) is 1.